The van der Waals surface area contributed by atoms with E-state index in [0.717, 1.165) is 29.8 Å². The highest BCUT2D eigenvalue weighted by atomic mass is 16.1. The van der Waals surface area contributed by atoms with Crippen molar-refractivity contribution in [2.45, 2.75) is 53.6 Å². The molecule has 3 heteroatoms. The lowest BCUT2D eigenvalue weighted by atomic mass is 10.0. The van der Waals surface area contributed by atoms with E-state index in [1.165, 1.54) is 0 Å². The first-order valence-corrected chi connectivity index (χ1v) is 6.31. The van der Waals surface area contributed by atoms with Crippen molar-refractivity contribution in [1.29, 1.82) is 0 Å². The summed E-state index contributed by atoms with van der Waals surface area (Å²) in [7, 11) is 0. The van der Waals surface area contributed by atoms with Crippen LogP contribution in [0.3, 0.4) is 0 Å². The Labute approximate surface area is 104 Å². The molecule has 0 aromatic carbocycles. The highest BCUT2D eigenvalue weighted by Gasteiger charge is 2.13. The second kappa shape index (κ2) is 5.50. The molecule has 0 spiro atoms. The van der Waals surface area contributed by atoms with Crippen LogP contribution in [0.4, 0.5) is 0 Å². The van der Waals surface area contributed by atoms with Crippen LogP contribution in [0.25, 0.3) is 0 Å². The van der Waals surface area contributed by atoms with Crippen LogP contribution in [-0.4, -0.2) is 4.57 Å². The molecule has 0 bridgehead atoms. The van der Waals surface area contributed by atoms with Crippen molar-refractivity contribution in [3.63, 3.8) is 0 Å². The van der Waals surface area contributed by atoms with Gasteiger partial charge in [0.2, 0.25) is 0 Å². The fraction of sp³-hybridized carbons (Fsp3) is 0.643. The van der Waals surface area contributed by atoms with Crippen LogP contribution in [0.5, 0.6) is 0 Å². The van der Waals surface area contributed by atoms with Gasteiger partial charge >= 0.3 is 0 Å². The Kier molecular flexibility index (Phi) is 4.52. The second-order valence-corrected chi connectivity index (χ2v) is 5.31. The zero-order valence-electron chi connectivity index (χ0n) is 11.6. The van der Waals surface area contributed by atoms with Gasteiger partial charge in [-0.15, -0.1) is 0 Å². The van der Waals surface area contributed by atoms with Gasteiger partial charge in [0.25, 0.3) is 5.56 Å². The van der Waals surface area contributed by atoms with Gasteiger partial charge in [-0.1, -0.05) is 13.8 Å². The van der Waals surface area contributed by atoms with Crippen LogP contribution in [0.2, 0.25) is 0 Å². The first-order valence-electron chi connectivity index (χ1n) is 6.31. The summed E-state index contributed by atoms with van der Waals surface area (Å²) in [6, 6.07) is 1.86. The predicted octanol–water partition coefficient (Wildman–Crippen LogP) is 2.53. The van der Waals surface area contributed by atoms with E-state index < -0.39 is 0 Å². The Bertz CT molecular complexity index is 444. The molecule has 3 nitrogen and oxygen atoms in total. The van der Waals surface area contributed by atoms with Gasteiger partial charge in [0.1, 0.15) is 0 Å². The van der Waals surface area contributed by atoms with Crippen LogP contribution in [0.15, 0.2) is 10.9 Å². The molecule has 2 N–H and O–H groups in total. The van der Waals surface area contributed by atoms with Gasteiger partial charge in [0.05, 0.1) is 0 Å². The molecule has 17 heavy (non-hydrogen) atoms. The van der Waals surface area contributed by atoms with Gasteiger partial charge in [0, 0.05) is 23.8 Å². The molecule has 1 rings (SSSR count). The Morgan fingerprint density at radius 2 is 1.88 bits per heavy atom. The molecule has 1 heterocycles. The van der Waals surface area contributed by atoms with E-state index in [1.807, 2.05) is 25.3 Å². The molecule has 0 saturated heterocycles. The zero-order chi connectivity index (χ0) is 13.2. The zero-order valence-corrected chi connectivity index (χ0v) is 11.6. The van der Waals surface area contributed by atoms with Crippen LogP contribution >= 0.6 is 0 Å². The van der Waals surface area contributed by atoms with Crippen LogP contribution < -0.4 is 11.3 Å². The molecule has 1 unspecified atom stereocenters. The maximum Gasteiger partial charge on any atom is 0.255 e. The molecule has 1 aromatic heterocycles. The third-order valence-corrected chi connectivity index (χ3v) is 3.14. The Morgan fingerprint density at radius 3 is 2.35 bits per heavy atom. The van der Waals surface area contributed by atoms with Gasteiger partial charge in [-0.05, 0) is 44.7 Å². The number of aromatic nitrogens is 1. The third kappa shape index (κ3) is 3.19. The summed E-state index contributed by atoms with van der Waals surface area (Å²) in [5, 5.41) is 0. The number of hydrogen-bond donors (Lipinski definition) is 1. The van der Waals surface area contributed by atoms with Crippen LogP contribution in [0, 0.1) is 19.8 Å². The average molecular weight is 236 g/mol. The Balaban J connectivity index is 3.22. The van der Waals surface area contributed by atoms with Crippen molar-refractivity contribution in [2.75, 3.05) is 0 Å². The highest BCUT2D eigenvalue weighted by molar-refractivity contribution is 5.28. The standard InChI is InChI=1S/C14H24N2O/c1-9(2)6-7-16-11(4)8-10(3)13(12(5)15)14(16)17/h8-9,12H,6-7,15H2,1-5H3. The fourth-order valence-electron chi connectivity index (χ4n) is 2.16. The van der Waals surface area contributed by atoms with E-state index in [0.29, 0.717) is 5.92 Å². The molecule has 0 saturated carbocycles. The number of nitrogens with two attached hydrogens (primary N) is 1. The summed E-state index contributed by atoms with van der Waals surface area (Å²) >= 11 is 0. The topological polar surface area (TPSA) is 48.0 Å². The number of rotatable bonds is 4. The lowest BCUT2D eigenvalue weighted by molar-refractivity contribution is 0.498. The minimum atomic E-state index is -0.201. The molecule has 0 radical (unpaired) electrons. The van der Waals surface area contributed by atoms with Crippen LogP contribution in [-0.2, 0) is 6.54 Å². The number of nitrogens with zero attached hydrogens (tertiary/aromatic N) is 1. The highest BCUT2D eigenvalue weighted by Crippen LogP contribution is 2.13. The SMILES string of the molecule is Cc1cc(C)n(CCC(C)C)c(=O)c1C(C)N. The molecule has 0 fully saturated rings. The minimum Gasteiger partial charge on any atom is -0.324 e. The van der Waals surface area contributed by atoms with Crippen molar-refractivity contribution in [2.24, 2.45) is 11.7 Å². The maximum atomic E-state index is 12.3. The first-order chi connectivity index (χ1) is 7.84. The van der Waals surface area contributed by atoms with E-state index in [1.54, 1.807) is 0 Å². The van der Waals surface area contributed by atoms with E-state index in [9.17, 15) is 4.79 Å². The van der Waals surface area contributed by atoms with Crippen molar-refractivity contribution in [3.8, 4) is 0 Å². The maximum absolute atomic E-state index is 12.3. The van der Waals surface area contributed by atoms with E-state index in [-0.39, 0.29) is 11.6 Å². The number of aryl methyl sites for hydroxylation is 2. The summed E-state index contributed by atoms with van der Waals surface area (Å²) in [5.74, 6) is 0.598. The van der Waals surface area contributed by atoms with Crippen molar-refractivity contribution >= 4 is 0 Å². The minimum absolute atomic E-state index is 0.0816. The van der Waals surface area contributed by atoms with Gasteiger partial charge < -0.3 is 10.3 Å². The molecule has 0 aliphatic heterocycles. The monoisotopic (exact) mass is 236 g/mol. The summed E-state index contributed by atoms with van der Waals surface area (Å²) in [6.07, 6.45) is 1.02. The Hall–Kier alpha value is -1.09. The van der Waals surface area contributed by atoms with Gasteiger partial charge in [-0.25, -0.2) is 0 Å². The number of hydrogen-bond acceptors (Lipinski definition) is 2. The molecule has 1 atom stereocenters. The summed E-state index contributed by atoms with van der Waals surface area (Å²) in [5.41, 5.74) is 8.74. The van der Waals surface area contributed by atoms with E-state index in [2.05, 4.69) is 19.9 Å². The first kappa shape index (κ1) is 14.0. The van der Waals surface area contributed by atoms with Gasteiger partial charge in [0.15, 0.2) is 0 Å². The molecule has 1 aromatic rings. The van der Waals surface area contributed by atoms with Crippen molar-refractivity contribution in [1.82, 2.24) is 4.57 Å². The van der Waals surface area contributed by atoms with Crippen molar-refractivity contribution in [3.05, 3.63) is 33.2 Å². The summed E-state index contributed by atoms with van der Waals surface area (Å²) < 4.78 is 1.85. The van der Waals surface area contributed by atoms with Crippen LogP contribution in [0.1, 0.15) is 50.1 Å². The second-order valence-electron chi connectivity index (χ2n) is 5.31. The fourth-order valence-corrected chi connectivity index (χ4v) is 2.16. The molecule has 0 aliphatic rings. The predicted molar refractivity (Wildman–Crippen MR) is 72.2 cm³/mol. The summed E-state index contributed by atoms with van der Waals surface area (Å²) in [6.45, 7) is 10.9. The lowest BCUT2D eigenvalue weighted by Gasteiger charge is -2.17. The quantitative estimate of drug-likeness (QED) is 0.873. The van der Waals surface area contributed by atoms with E-state index >= 15 is 0 Å². The molecule has 0 amide bonds. The molecule has 0 aliphatic carbocycles. The summed E-state index contributed by atoms with van der Waals surface area (Å²) in [4.78, 5) is 12.3. The largest absolute Gasteiger partial charge is 0.324 e. The lowest BCUT2D eigenvalue weighted by Crippen LogP contribution is -2.30. The van der Waals surface area contributed by atoms with Gasteiger partial charge in [-0.3, -0.25) is 4.79 Å². The molecular formula is C14H24N2O. The number of pyridine rings is 1. The third-order valence-electron chi connectivity index (χ3n) is 3.14. The average Bonchev–Trinajstić information content (AvgIpc) is 2.14. The smallest absolute Gasteiger partial charge is 0.255 e. The Morgan fingerprint density at radius 1 is 1.29 bits per heavy atom. The van der Waals surface area contributed by atoms with E-state index in [4.69, 9.17) is 5.73 Å². The molecular weight excluding hydrogens is 212 g/mol. The normalized spacial score (nSPS) is 13.1. The van der Waals surface area contributed by atoms with Gasteiger partial charge in [-0.2, -0.15) is 0 Å². The van der Waals surface area contributed by atoms with Crippen molar-refractivity contribution < 1.29 is 0 Å². The molecule has 96 valence electrons.